The summed E-state index contributed by atoms with van der Waals surface area (Å²) in [7, 11) is 0. The number of hydrogen-bond donors (Lipinski definition) is 0. The summed E-state index contributed by atoms with van der Waals surface area (Å²) in [6, 6.07) is 18.4. The van der Waals surface area contributed by atoms with Gasteiger partial charge < -0.3 is 0 Å². The summed E-state index contributed by atoms with van der Waals surface area (Å²) >= 11 is 0. The van der Waals surface area contributed by atoms with Crippen LogP contribution in [0.15, 0.2) is 60.7 Å². The van der Waals surface area contributed by atoms with E-state index >= 15 is 0 Å². The second kappa shape index (κ2) is 5.85. The normalized spacial score (nSPS) is 13.9. The highest BCUT2D eigenvalue weighted by Gasteiger charge is 2.12. The van der Waals surface area contributed by atoms with Crippen molar-refractivity contribution in [2.45, 2.75) is 26.7 Å². The Morgan fingerprint density at radius 1 is 0.577 bits per heavy atom. The first-order valence-corrected chi connectivity index (χ1v) is 9.40. The molecule has 0 bridgehead atoms. The lowest BCUT2D eigenvalue weighted by Gasteiger charge is -2.13. The van der Waals surface area contributed by atoms with Crippen molar-refractivity contribution in [1.29, 1.82) is 0 Å². The lowest BCUT2D eigenvalue weighted by atomic mass is 9.92. The van der Waals surface area contributed by atoms with Gasteiger partial charge >= 0.3 is 0 Å². The molecule has 126 valence electrons. The van der Waals surface area contributed by atoms with Gasteiger partial charge in [0, 0.05) is 0 Å². The van der Waals surface area contributed by atoms with Gasteiger partial charge in [0.05, 0.1) is 0 Å². The molecule has 2 aliphatic rings. The van der Waals surface area contributed by atoms with E-state index in [2.05, 4.69) is 86.7 Å². The van der Waals surface area contributed by atoms with Gasteiger partial charge in [0.1, 0.15) is 0 Å². The molecule has 0 heteroatoms. The highest BCUT2D eigenvalue weighted by atomic mass is 14.2. The molecule has 0 amide bonds. The number of rotatable bonds is 2. The van der Waals surface area contributed by atoms with E-state index in [1.165, 1.54) is 55.6 Å². The van der Waals surface area contributed by atoms with E-state index in [0.717, 1.165) is 12.8 Å². The molecule has 0 heterocycles. The van der Waals surface area contributed by atoms with Gasteiger partial charge in [-0.15, -0.1) is 0 Å². The van der Waals surface area contributed by atoms with Crippen LogP contribution in [0.5, 0.6) is 0 Å². The van der Waals surface area contributed by atoms with Crippen LogP contribution in [-0.4, -0.2) is 0 Å². The average molecular weight is 334 g/mol. The maximum atomic E-state index is 2.34. The summed E-state index contributed by atoms with van der Waals surface area (Å²) in [6.07, 6.45) is 11.1. The molecule has 2 aliphatic carbocycles. The molecule has 0 N–H and O–H groups in total. The van der Waals surface area contributed by atoms with Gasteiger partial charge in [0.25, 0.3) is 0 Å². The van der Waals surface area contributed by atoms with Gasteiger partial charge in [0.2, 0.25) is 0 Å². The fourth-order valence-electron chi connectivity index (χ4n) is 4.31. The lowest BCUT2D eigenvalue weighted by Crippen LogP contribution is -1.91. The number of allylic oxidation sites excluding steroid dienone is 2. The summed E-state index contributed by atoms with van der Waals surface area (Å²) in [6.45, 7) is 4.44. The van der Waals surface area contributed by atoms with Gasteiger partial charge in [-0.05, 0) is 94.5 Å². The monoisotopic (exact) mass is 334 g/mol. The van der Waals surface area contributed by atoms with Crippen LogP contribution in [0.3, 0.4) is 0 Å². The Hall–Kier alpha value is -2.86. The fourth-order valence-corrected chi connectivity index (χ4v) is 4.31. The van der Waals surface area contributed by atoms with Crippen molar-refractivity contribution in [2.75, 3.05) is 0 Å². The van der Waals surface area contributed by atoms with E-state index in [0.29, 0.717) is 0 Å². The van der Waals surface area contributed by atoms with Crippen LogP contribution >= 0.6 is 0 Å². The van der Waals surface area contributed by atoms with Crippen LogP contribution in [-0.2, 0) is 12.8 Å². The van der Waals surface area contributed by atoms with Crippen molar-refractivity contribution < 1.29 is 0 Å². The fraction of sp³-hybridized carbons (Fsp3) is 0.154. The molecule has 0 unspecified atom stereocenters. The van der Waals surface area contributed by atoms with Crippen molar-refractivity contribution in [3.8, 4) is 22.3 Å². The third kappa shape index (κ3) is 2.45. The Morgan fingerprint density at radius 2 is 1.00 bits per heavy atom. The Balaban J connectivity index is 1.54. The molecule has 3 aromatic rings. The maximum Gasteiger partial charge on any atom is -0.00881 e. The SMILES string of the molecule is Cc1cc2c(cc1-c1ccc(-c3cc4c(cc3C)CC=C4)cc1)C=CC2. The summed E-state index contributed by atoms with van der Waals surface area (Å²) in [5.74, 6) is 0. The maximum absolute atomic E-state index is 2.34. The largest absolute Gasteiger partial charge is 0.0795 e. The van der Waals surface area contributed by atoms with E-state index in [4.69, 9.17) is 0 Å². The molecule has 0 saturated carbocycles. The van der Waals surface area contributed by atoms with Gasteiger partial charge in [-0.3, -0.25) is 0 Å². The smallest absolute Gasteiger partial charge is 0.00881 e. The molecule has 0 radical (unpaired) electrons. The van der Waals surface area contributed by atoms with Crippen LogP contribution < -0.4 is 0 Å². The minimum absolute atomic E-state index is 1.07. The predicted octanol–water partition coefficient (Wildman–Crippen LogP) is 6.78. The van der Waals surface area contributed by atoms with Crippen LogP contribution in [0.4, 0.5) is 0 Å². The van der Waals surface area contributed by atoms with Crippen LogP contribution in [0.1, 0.15) is 33.4 Å². The number of fused-ring (bicyclic) bond motifs is 2. The molecule has 0 spiro atoms. The van der Waals surface area contributed by atoms with Crippen molar-refractivity contribution in [2.24, 2.45) is 0 Å². The first kappa shape index (κ1) is 15.4. The van der Waals surface area contributed by atoms with Crippen molar-refractivity contribution in [3.05, 3.63) is 94.1 Å². The molecule has 5 rings (SSSR count). The highest BCUT2D eigenvalue weighted by Crippen LogP contribution is 2.34. The van der Waals surface area contributed by atoms with Crippen LogP contribution in [0, 0.1) is 13.8 Å². The Kier molecular flexibility index (Phi) is 3.46. The molecule has 0 aliphatic heterocycles. The molecule has 3 aromatic carbocycles. The second-order valence-electron chi connectivity index (χ2n) is 7.52. The lowest BCUT2D eigenvalue weighted by molar-refractivity contribution is 1.28. The van der Waals surface area contributed by atoms with Gasteiger partial charge in [-0.1, -0.05) is 60.7 Å². The van der Waals surface area contributed by atoms with E-state index in [-0.39, 0.29) is 0 Å². The number of aryl methyl sites for hydroxylation is 2. The standard InChI is InChI=1S/C26H22/c1-17-13-21-5-3-7-23(21)15-25(17)19-9-11-20(12-10-19)26-16-24-8-4-6-22(24)14-18(26)2/h3-4,7-16H,5-6H2,1-2H3. The molecule has 0 saturated heterocycles. The molecule has 26 heavy (non-hydrogen) atoms. The summed E-state index contributed by atoms with van der Waals surface area (Å²) in [4.78, 5) is 0. The van der Waals surface area contributed by atoms with E-state index in [1.807, 2.05) is 0 Å². The van der Waals surface area contributed by atoms with Gasteiger partial charge in [-0.25, -0.2) is 0 Å². The van der Waals surface area contributed by atoms with Crippen molar-refractivity contribution in [3.63, 3.8) is 0 Å². The Labute approximate surface area is 155 Å². The summed E-state index contributed by atoms with van der Waals surface area (Å²) < 4.78 is 0. The minimum Gasteiger partial charge on any atom is -0.0795 e. The Bertz CT molecular complexity index is 988. The van der Waals surface area contributed by atoms with Crippen LogP contribution in [0.2, 0.25) is 0 Å². The predicted molar refractivity (Wildman–Crippen MR) is 112 cm³/mol. The van der Waals surface area contributed by atoms with Crippen molar-refractivity contribution >= 4 is 12.2 Å². The van der Waals surface area contributed by atoms with E-state index in [1.54, 1.807) is 0 Å². The molecule has 0 atom stereocenters. The zero-order valence-electron chi connectivity index (χ0n) is 15.3. The molecule has 0 fully saturated rings. The molecule has 0 nitrogen and oxygen atoms in total. The second-order valence-corrected chi connectivity index (χ2v) is 7.52. The summed E-state index contributed by atoms with van der Waals surface area (Å²) in [5.41, 5.74) is 13.6. The number of benzene rings is 3. The zero-order valence-corrected chi connectivity index (χ0v) is 15.3. The topological polar surface area (TPSA) is 0 Å². The van der Waals surface area contributed by atoms with E-state index < -0.39 is 0 Å². The quantitative estimate of drug-likeness (QED) is 0.485. The van der Waals surface area contributed by atoms with Gasteiger partial charge in [-0.2, -0.15) is 0 Å². The van der Waals surface area contributed by atoms with Gasteiger partial charge in [0.15, 0.2) is 0 Å². The Morgan fingerprint density at radius 3 is 1.42 bits per heavy atom. The average Bonchev–Trinajstić information content (AvgIpc) is 3.28. The first-order valence-electron chi connectivity index (χ1n) is 9.40. The minimum atomic E-state index is 1.07. The zero-order chi connectivity index (χ0) is 17.7. The van der Waals surface area contributed by atoms with Crippen molar-refractivity contribution in [1.82, 2.24) is 0 Å². The summed E-state index contributed by atoms with van der Waals surface area (Å²) in [5, 5.41) is 0. The first-order chi connectivity index (χ1) is 12.7. The highest BCUT2D eigenvalue weighted by molar-refractivity contribution is 5.78. The molecular formula is C26H22. The third-order valence-electron chi connectivity index (χ3n) is 5.75. The third-order valence-corrected chi connectivity index (χ3v) is 5.75. The molecular weight excluding hydrogens is 312 g/mol. The molecule has 0 aromatic heterocycles. The number of hydrogen-bond acceptors (Lipinski definition) is 0. The van der Waals surface area contributed by atoms with Crippen LogP contribution in [0.25, 0.3) is 34.4 Å². The van der Waals surface area contributed by atoms with E-state index in [9.17, 15) is 0 Å².